The molecule has 6 rings (SSSR count). The third-order valence-electron chi connectivity index (χ3n) is 7.50. The minimum atomic E-state index is -0.425. The van der Waals surface area contributed by atoms with E-state index >= 15 is 0 Å². The van der Waals surface area contributed by atoms with E-state index in [0.717, 1.165) is 5.46 Å². The molecule has 0 atom stereocenters. The molecule has 5 aromatic rings. The summed E-state index contributed by atoms with van der Waals surface area (Å²) in [5, 5.41) is 7.27. The summed E-state index contributed by atoms with van der Waals surface area (Å²) >= 11 is 0. The predicted molar refractivity (Wildman–Crippen MR) is 140 cm³/mol. The van der Waals surface area contributed by atoms with Gasteiger partial charge in [0, 0.05) is 0 Å². The maximum Gasteiger partial charge on any atom is 0.496 e. The van der Waals surface area contributed by atoms with Crippen LogP contribution in [0.15, 0.2) is 91.0 Å². The van der Waals surface area contributed by atoms with E-state index in [1.807, 2.05) is 0 Å². The third-order valence-corrected chi connectivity index (χ3v) is 7.50. The highest BCUT2D eigenvalue weighted by Crippen LogP contribution is 2.39. The van der Waals surface area contributed by atoms with Gasteiger partial charge >= 0.3 is 7.12 Å². The standard InChI is InChI=1S/C30H27BO2/c1-29(2)30(3,4)33-31(32-29)28-26-14-8-6-11-21(26)18-22-16-17-23(19-27(22)28)25-15-9-12-20-10-5-7-13-24(20)25/h5-19H,1-4H3. The van der Waals surface area contributed by atoms with Gasteiger partial charge in [0.2, 0.25) is 0 Å². The Morgan fingerprint density at radius 1 is 0.545 bits per heavy atom. The molecule has 162 valence electrons. The monoisotopic (exact) mass is 430 g/mol. The van der Waals surface area contributed by atoms with Gasteiger partial charge < -0.3 is 9.31 Å². The number of hydrogen-bond donors (Lipinski definition) is 0. The maximum atomic E-state index is 6.56. The van der Waals surface area contributed by atoms with E-state index in [1.165, 1.54) is 43.4 Å². The van der Waals surface area contributed by atoms with Crippen LogP contribution in [-0.2, 0) is 9.31 Å². The van der Waals surface area contributed by atoms with Crippen LogP contribution in [0.25, 0.3) is 43.4 Å². The van der Waals surface area contributed by atoms with Gasteiger partial charge in [0.05, 0.1) is 11.2 Å². The molecule has 1 heterocycles. The van der Waals surface area contributed by atoms with E-state index in [-0.39, 0.29) is 0 Å². The van der Waals surface area contributed by atoms with Crippen LogP contribution in [0.3, 0.4) is 0 Å². The first-order valence-electron chi connectivity index (χ1n) is 11.6. The summed E-state index contributed by atoms with van der Waals surface area (Å²) in [5.74, 6) is 0. The molecule has 3 heteroatoms. The molecule has 0 saturated carbocycles. The van der Waals surface area contributed by atoms with E-state index in [9.17, 15) is 0 Å². The molecule has 0 aromatic heterocycles. The Hall–Kier alpha value is -3.14. The van der Waals surface area contributed by atoms with E-state index in [4.69, 9.17) is 9.31 Å². The van der Waals surface area contributed by atoms with E-state index in [1.54, 1.807) is 0 Å². The van der Waals surface area contributed by atoms with Crippen molar-refractivity contribution in [1.82, 2.24) is 0 Å². The van der Waals surface area contributed by atoms with Crippen molar-refractivity contribution in [3.8, 4) is 11.1 Å². The van der Waals surface area contributed by atoms with Gasteiger partial charge in [-0.1, -0.05) is 78.9 Å². The Kier molecular flexibility index (Phi) is 4.45. The summed E-state index contributed by atoms with van der Waals surface area (Å²) < 4.78 is 13.1. The summed E-state index contributed by atoms with van der Waals surface area (Å²) in [6.07, 6.45) is 0. The van der Waals surface area contributed by atoms with Crippen molar-refractivity contribution < 1.29 is 9.31 Å². The van der Waals surface area contributed by atoms with Gasteiger partial charge in [0.1, 0.15) is 0 Å². The fourth-order valence-electron chi connectivity index (χ4n) is 4.96. The van der Waals surface area contributed by atoms with Crippen molar-refractivity contribution in [1.29, 1.82) is 0 Å². The summed E-state index contributed by atoms with van der Waals surface area (Å²) in [6, 6.07) is 32.7. The van der Waals surface area contributed by atoms with Crippen LogP contribution in [0.2, 0.25) is 0 Å². The van der Waals surface area contributed by atoms with Gasteiger partial charge in [-0.05, 0) is 88.7 Å². The van der Waals surface area contributed by atoms with Crippen molar-refractivity contribution in [2.24, 2.45) is 0 Å². The Morgan fingerprint density at radius 2 is 1.15 bits per heavy atom. The van der Waals surface area contributed by atoms with Crippen molar-refractivity contribution in [3.63, 3.8) is 0 Å². The van der Waals surface area contributed by atoms with Crippen LogP contribution < -0.4 is 5.46 Å². The first-order chi connectivity index (χ1) is 15.8. The lowest BCUT2D eigenvalue weighted by molar-refractivity contribution is 0.00578. The van der Waals surface area contributed by atoms with Gasteiger partial charge in [0.15, 0.2) is 0 Å². The normalized spacial score (nSPS) is 17.3. The molecule has 1 saturated heterocycles. The maximum absolute atomic E-state index is 6.56. The van der Waals surface area contributed by atoms with Crippen LogP contribution in [0.1, 0.15) is 27.7 Å². The number of hydrogen-bond acceptors (Lipinski definition) is 2. The third kappa shape index (κ3) is 3.19. The second-order valence-electron chi connectivity index (χ2n) is 10.1. The molecule has 0 spiro atoms. The lowest BCUT2D eigenvalue weighted by atomic mass is 9.72. The molecule has 5 aromatic carbocycles. The quantitative estimate of drug-likeness (QED) is 0.219. The Bertz CT molecular complexity index is 1510. The van der Waals surface area contributed by atoms with Gasteiger partial charge in [-0.15, -0.1) is 0 Å². The molecule has 2 nitrogen and oxygen atoms in total. The number of fused-ring (bicyclic) bond motifs is 3. The highest BCUT2D eigenvalue weighted by molar-refractivity contribution is 6.68. The Balaban J connectivity index is 1.63. The lowest BCUT2D eigenvalue weighted by Gasteiger charge is -2.32. The minimum Gasteiger partial charge on any atom is -0.399 e. The van der Waals surface area contributed by atoms with E-state index in [2.05, 4.69) is 119 Å². The van der Waals surface area contributed by atoms with Crippen LogP contribution in [0.4, 0.5) is 0 Å². The fraction of sp³-hybridized carbons (Fsp3) is 0.200. The van der Waals surface area contributed by atoms with E-state index < -0.39 is 18.3 Å². The van der Waals surface area contributed by atoms with Gasteiger partial charge in [0.25, 0.3) is 0 Å². The molecule has 0 bridgehead atoms. The fourth-order valence-corrected chi connectivity index (χ4v) is 4.96. The second-order valence-corrected chi connectivity index (χ2v) is 10.1. The Morgan fingerprint density at radius 3 is 1.91 bits per heavy atom. The smallest absolute Gasteiger partial charge is 0.399 e. The van der Waals surface area contributed by atoms with Crippen molar-refractivity contribution in [3.05, 3.63) is 91.0 Å². The molecular weight excluding hydrogens is 403 g/mol. The molecule has 0 unspecified atom stereocenters. The van der Waals surface area contributed by atoms with Crippen LogP contribution in [0, 0.1) is 0 Å². The molecule has 1 aliphatic heterocycles. The van der Waals surface area contributed by atoms with Gasteiger partial charge in [-0.25, -0.2) is 0 Å². The second kappa shape index (κ2) is 7.18. The van der Waals surface area contributed by atoms with Crippen LogP contribution in [0.5, 0.6) is 0 Å². The van der Waals surface area contributed by atoms with Crippen LogP contribution in [-0.4, -0.2) is 18.3 Å². The number of rotatable bonds is 2. The Labute approximate surface area is 195 Å². The molecule has 0 aliphatic carbocycles. The predicted octanol–water partition coefficient (Wildman–Crippen LogP) is 7.11. The average Bonchev–Trinajstić information content (AvgIpc) is 3.03. The molecule has 1 fully saturated rings. The van der Waals surface area contributed by atoms with Gasteiger partial charge in [-0.2, -0.15) is 0 Å². The van der Waals surface area contributed by atoms with Crippen molar-refractivity contribution in [2.75, 3.05) is 0 Å². The molecule has 1 aliphatic rings. The lowest BCUT2D eigenvalue weighted by Crippen LogP contribution is -2.41. The highest BCUT2D eigenvalue weighted by atomic mass is 16.7. The van der Waals surface area contributed by atoms with Gasteiger partial charge in [-0.3, -0.25) is 0 Å². The van der Waals surface area contributed by atoms with Crippen LogP contribution >= 0.6 is 0 Å². The summed E-state index contributed by atoms with van der Waals surface area (Å²) in [5.41, 5.74) is 2.77. The zero-order valence-corrected chi connectivity index (χ0v) is 19.6. The summed E-state index contributed by atoms with van der Waals surface area (Å²) in [6.45, 7) is 8.45. The molecule has 0 amide bonds. The zero-order chi connectivity index (χ0) is 22.8. The van der Waals surface area contributed by atoms with Crippen molar-refractivity contribution >= 4 is 44.9 Å². The first-order valence-corrected chi connectivity index (χ1v) is 11.6. The minimum absolute atomic E-state index is 0.395. The topological polar surface area (TPSA) is 18.5 Å². The molecule has 0 N–H and O–H groups in total. The van der Waals surface area contributed by atoms with E-state index in [0.29, 0.717) is 0 Å². The first kappa shape index (κ1) is 20.5. The van der Waals surface area contributed by atoms with Crippen molar-refractivity contribution in [2.45, 2.75) is 38.9 Å². The zero-order valence-electron chi connectivity index (χ0n) is 19.6. The average molecular weight is 430 g/mol. The summed E-state index contributed by atoms with van der Waals surface area (Å²) in [7, 11) is -0.425. The highest BCUT2D eigenvalue weighted by Gasteiger charge is 2.52. The SMILES string of the molecule is CC1(C)OB(c2c3ccccc3cc3ccc(-c4cccc5ccccc45)cc23)OC1(C)C. The molecule has 33 heavy (non-hydrogen) atoms. The molecular formula is C30H27BO2. The molecule has 0 radical (unpaired) electrons. The number of benzene rings is 5. The summed E-state index contributed by atoms with van der Waals surface area (Å²) in [4.78, 5) is 0. The largest absolute Gasteiger partial charge is 0.496 e.